The van der Waals surface area contributed by atoms with E-state index in [-0.39, 0.29) is 5.97 Å². The van der Waals surface area contributed by atoms with E-state index in [4.69, 9.17) is 9.47 Å². The molecule has 3 heteroatoms. The van der Waals surface area contributed by atoms with Crippen LogP contribution in [0, 0.1) is 13.8 Å². The average Bonchev–Trinajstić information content (AvgIpc) is 2.51. The molecule has 23 heavy (non-hydrogen) atoms. The summed E-state index contributed by atoms with van der Waals surface area (Å²) in [6.07, 6.45) is 3.39. The minimum atomic E-state index is -0.354. The number of hydrogen-bond acceptors (Lipinski definition) is 3. The highest BCUT2D eigenvalue weighted by atomic mass is 16.5. The largest absolute Gasteiger partial charge is 0.494 e. The highest BCUT2D eigenvalue weighted by Crippen LogP contribution is 2.19. The summed E-state index contributed by atoms with van der Waals surface area (Å²) in [5.74, 6) is 1.00. The van der Waals surface area contributed by atoms with Gasteiger partial charge >= 0.3 is 5.97 Å². The Hall–Kier alpha value is -2.29. The van der Waals surface area contributed by atoms with Crippen LogP contribution < -0.4 is 9.47 Å². The Morgan fingerprint density at radius 1 is 0.913 bits per heavy atom. The van der Waals surface area contributed by atoms with E-state index in [1.165, 1.54) is 12.8 Å². The van der Waals surface area contributed by atoms with Gasteiger partial charge in [0.15, 0.2) is 0 Å². The third-order valence-electron chi connectivity index (χ3n) is 3.51. The number of benzene rings is 2. The van der Waals surface area contributed by atoms with Crippen molar-refractivity contribution in [1.82, 2.24) is 0 Å². The molecule has 0 fully saturated rings. The molecule has 0 atom stereocenters. The van der Waals surface area contributed by atoms with Crippen LogP contribution in [0.2, 0.25) is 0 Å². The molecule has 0 radical (unpaired) electrons. The summed E-state index contributed by atoms with van der Waals surface area (Å²) in [5, 5.41) is 0. The van der Waals surface area contributed by atoms with Gasteiger partial charge in [-0.15, -0.1) is 0 Å². The quantitative estimate of drug-likeness (QED) is 0.406. The topological polar surface area (TPSA) is 35.5 Å². The lowest BCUT2D eigenvalue weighted by Gasteiger charge is -2.08. The Balaban J connectivity index is 1.94. The predicted molar refractivity (Wildman–Crippen MR) is 92.3 cm³/mol. The highest BCUT2D eigenvalue weighted by molar-refractivity contribution is 5.91. The summed E-state index contributed by atoms with van der Waals surface area (Å²) in [6.45, 7) is 6.83. The number of esters is 1. The lowest BCUT2D eigenvalue weighted by Crippen LogP contribution is -2.08. The Morgan fingerprint density at radius 3 is 2.17 bits per heavy atom. The summed E-state index contributed by atoms with van der Waals surface area (Å²) in [6, 6.07) is 12.8. The SMILES string of the molecule is CCCCCOc1ccc(C(=O)Oc2cc(C)cc(C)c2)cc1. The highest BCUT2D eigenvalue weighted by Gasteiger charge is 2.09. The number of carbonyl (C=O) groups excluding carboxylic acids is 1. The van der Waals surface area contributed by atoms with Crippen molar-refractivity contribution in [3.63, 3.8) is 0 Å². The van der Waals surface area contributed by atoms with Gasteiger partial charge in [-0.05, 0) is 67.8 Å². The minimum absolute atomic E-state index is 0.354. The van der Waals surface area contributed by atoms with Crippen LogP contribution in [0.4, 0.5) is 0 Å². The summed E-state index contributed by atoms with van der Waals surface area (Å²) < 4.78 is 11.1. The first kappa shape index (κ1) is 17.1. The molecular weight excluding hydrogens is 288 g/mol. The molecule has 122 valence electrons. The van der Waals surface area contributed by atoms with Gasteiger partial charge in [-0.2, -0.15) is 0 Å². The lowest BCUT2D eigenvalue weighted by molar-refractivity contribution is 0.0734. The zero-order valence-electron chi connectivity index (χ0n) is 14.1. The van der Waals surface area contributed by atoms with Crippen molar-refractivity contribution in [3.8, 4) is 11.5 Å². The number of hydrogen-bond donors (Lipinski definition) is 0. The fourth-order valence-corrected chi connectivity index (χ4v) is 2.39. The molecule has 0 bridgehead atoms. The van der Waals surface area contributed by atoms with Crippen LogP contribution in [-0.4, -0.2) is 12.6 Å². The number of unbranched alkanes of at least 4 members (excludes halogenated alkanes) is 2. The molecule has 0 aliphatic carbocycles. The van der Waals surface area contributed by atoms with Crippen LogP contribution >= 0.6 is 0 Å². The molecule has 0 N–H and O–H groups in total. The second kappa shape index (κ2) is 8.37. The fourth-order valence-electron chi connectivity index (χ4n) is 2.39. The minimum Gasteiger partial charge on any atom is -0.494 e. The van der Waals surface area contributed by atoms with E-state index in [1.54, 1.807) is 12.1 Å². The maximum absolute atomic E-state index is 12.2. The second-order valence-electron chi connectivity index (χ2n) is 5.79. The normalized spacial score (nSPS) is 10.4. The van der Waals surface area contributed by atoms with Gasteiger partial charge in [-0.1, -0.05) is 25.8 Å². The molecule has 0 heterocycles. The van der Waals surface area contributed by atoms with E-state index in [9.17, 15) is 4.79 Å². The molecule has 0 saturated heterocycles. The molecule has 0 saturated carbocycles. The number of ether oxygens (including phenoxy) is 2. The van der Waals surface area contributed by atoms with Gasteiger partial charge in [0.25, 0.3) is 0 Å². The van der Waals surface area contributed by atoms with E-state index in [1.807, 2.05) is 44.2 Å². The van der Waals surface area contributed by atoms with Gasteiger partial charge < -0.3 is 9.47 Å². The summed E-state index contributed by atoms with van der Waals surface area (Å²) in [5.41, 5.74) is 2.66. The zero-order chi connectivity index (χ0) is 16.7. The fraction of sp³-hybridized carbons (Fsp3) is 0.350. The van der Waals surface area contributed by atoms with E-state index < -0.39 is 0 Å². The average molecular weight is 312 g/mol. The molecule has 3 nitrogen and oxygen atoms in total. The molecule has 0 spiro atoms. The maximum Gasteiger partial charge on any atom is 0.343 e. The Morgan fingerprint density at radius 2 is 1.57 bits per heavy atom. The maximum atomic E-state index is 12.2. The van der Waals surface area contributed by atoms with Gasteiger partial charge in [0.05, 0.1) is 12.2 Å². The van der Waals surface area contributed by atoms with Crippen molar-refractivity contribution in [2.45, 2.75) is 40.0 Å². The van der Waals surface area contributed by atoms with Gasteiger partial charge in [-0.3, -0.25) is 0 Å². The van der Waals surface area contributed by atoms with Gasteiger partial charge in [0.2, 0.25) is 0 Å². The van der Waals surface area contributed by atoms with E-state index in [0.29, 0.717) is 17.9 Å². The van der Waals surface area contributed by atoms with Gasteiger partial charge in [0, 0.05) is 0 Å². The van der Waals surface area contributed by atoms with Crippen molar-refractivity contribution in [3.05, 3.63) is 59.2 Å². The third-order valence-corrected chi connectivity index (χ3v) is 3.51. The Kier molecular flexibility index (Phi) is 6.21. The van der Waals surface area contributed by atoms with Crippen molar-refractivity contribution >= 4 is 5.97 Å². The standard InChI is InChI=1S/C20H24O3/c1-4-5-6-11-22-18-9-7-17(8-10-18)20(21)23-19-13-15(2)12-16(3)14-19/h7-10,12-14H,4-6,11H2,1-3H3. The first-order chi connectivity index (χ1) is 11.1. The molecule has 2 aromatic carbocycles. The van der Waals surface area contributed by atoms with Crippen molar-refractivity contribution in [2.24, 2.45) is 0 Å². The van der Waals surface area contributed by atoms with Gasteiger partial charge in [-0.25, -0.2) is 4.79 Å². The van der Waals surface area contributed by atoms with Crippen LogP contribution in [0.25, 0.3) is 0 Å². The Bertz CT molecular complexity index is 624. The summed E-state index contributed by atoms with van der Waals surface area (Å²) in [7, 11) is 0. The lowest BCUT2D eigenvalue weighted by atomic mass is 10.1. The molecule has 2 rings (SSSR count). The summed E-state index contributed by atoms with van der Waals surface area (Å²) >= 11 is 0. The molecule has 0 aliphatic rings. The second-order valence-corrected chi connectivity index (χ2v) is 5.79. The van der Waals surface area contributed by atoms with Crippen molar-refractivity contribution in [2.75, 3.05) is 6.61 Å². The van der Waals surface area contributed by atoms with E-state index >= 15 is 0 Å². The van der Waals surface area contributed by atoms with Crippen molar-refractivity contribution < 1.29 is 14.3 Å². The summed E-state index contributed by atoms with van der Waals surface area (Å²) in [4.78, 5) is 12.2. The third kappa shape index (κ3) is 5.44. The first-order valence-electron chi connectivity index (χ1n) is 8.12. The molecular formula is C20H24O3. The molecule has 0 aromatic heterocycles. The Labute approximate surface area is 138 Å². The zero-order valence-corrected chi connectivity index (χ0v) is 14.1. The number of carbonyl (C=O) groups is 1. The van der Waals surface area contributed by atoms with Crippen LogP contribution in [0.3, 0.4) is 0 Å². The van der Waals surface area contributed by atoms with Crippen LogP contribution in [0.5, 0.6) is 11.5 Å². The van der Waals surface area contributed by atoms with Crippen LogP contribution in [-0.2, 0) is 0 Å². The van der Waals surface area contributed by atoms with E-state index in [0.717, 1.165) is 23.3 Å². The number of rotatable bonds is 7. The van der Waals surface area contributed by atoms with Crippen molar-refractivity contribution in [1.29, 1.82) is 0 Å². The van der Waals surface area contributed by atoms with Crippen LogP contribution in [0.15, 0.2) is 42.5 Å². The first-order valence-corrected chi connectivity index (χ1v) is 8.12. The molecule has 2 aromatic rings. The molecule has 0 amide bonds. The smallest absolute Gasteiger partial charge is 0.343 e. The molecule has 0 unspecified atom stereocenters. The number of aryl methyl sites for hydroxylation is 2. The van der Waals surface area contributed by atoms with E-state index in [2.05, 4.69) is 6.92 Å². The monoisotopic (exact) mass is 312 g/mol. The van der Waals surface area contributed by atoms with Crippen LogP contribution in [0.1, 0.15) is 47.7 Å². The molecule has 0 aliphatic heterocycles. The predicted octanol–water partition coefficient (Wildman–Crippen LogP) is 5.09. The van der Waals surface area contributed by atoms with Gasteiger partial charge in [0.1, 0.15) is 11.5 Å².